The van der Waals surface area contributed by atoms with Gasteiger partial charge >= 0.3 is 5.97 Å². The Labute approximate surface area is 169 Å². The minimum Gasteiger partial charge on any atom is -0.454 e. The molecule has 0 radical (unpaired) electrons. The van der Waals surface area contributed by atoms with E-state index >= 15 is 0 Å². The van der Waals surface area contributed by atoms with Crippen molar-refractivity contribution in [2.45, 2.75) is 46.1 Å². The summed E-state index contributed by atoms with van der Waals surface area (Å²) in [6.45, 7) is 4.87. The van der Waals surface area contributed by atoms with Crippen molar-refractivity contribution in [3.8, 4) is 0 Å². The van der Waals surface area contributed by atoms with E-state index in [9.17, 15) is 19.2 Å². The maximum atomic E-state index is 12.8. The normalized spacial score (nSPS) is 28.4. The maximum absolute atomic E-state index is 12.8. The molecule has 5 atom stereocenters. The van der Waals surface area contributed by atoms with Crippen LogP contribution in [0.1, 0.15) is 37.3 Å². The second-order valence-corrected chi connectivity index (χ2v) is 8.64. The van der Waals surface area contributed by atoms with Crippen molar-refractivity contribution in [2.24, 2.45) is 23.7 Å². The van der Waals surface area contributed by atoms with E-state index in [4.69, 9.17) is 4.74 Å². The van der Waals surface area contributed by atoms with Crippen molar-refractivity contribution in [3.05, 3.63) is 29.3 Å². The number of anilines is 1. The molecule has 0 spiro atoms. The summed E-state index contributed by atoms with van der Waals surface area (Å²) < 4.78 is 5.10. The number of hydrogen-bond donors (Lipinski definition) is 1. The fourth-order valence-corrected chi connectivity index (χ4v) is 5.42. The average molecular weight is 398 g/mol. The number of esters is 1. The van der Waals surface area contributed by atoms with E-state index in [2.05, 4.69) is 5.32 Å². The number of likely N-dealkylation sites (tertiary alicyclic amines) is 1. The minimum atomic E-state index is -1.02. The van der Waals surface area contributed by atoms with E-state index in [-0.39, 0.29) is 35.5 Å². The standard InChI is InChI=1S/C22H26N2O5/c1-11-6-12(2)8-16(7-11)23-17(25)10-29-22(28)13(3)24-20(26)18-14-4-5-15(9-14)19(18)21(24)27/h6-8,13-15,18-19H,4-5,9-10H2,1-3H3,(H,23,25)/t13-,14+,15+,18-,19+/m0/s1. The second-order valence-electron chi connectivity index (χ2n) is 8.64. The van der Waals surface area contributed by atoms with Crippen LogP contribution in [-0.4, -0.2) is 41.2 Å². The van der Waals surface area contributed by atoms with Gasteiger partial charge in [0, 0.05) is 5.69 Å². The van der Waals surface area contributed by atoms with Gasteiger partial charge in [0.05, 0.1) is 11.8 Å². The zero-order valence-corrected chi connectivity index (χ0v) is 16.9. The molecule has 3 aliphatic rings. The van der Waals surface area contributed by atoms with Crippen molar-refractivity contribution < 1.29 is 23.9 Å². The van der Waals surface area contributed by atoms with Crippen LogP contribution in [0.5, 0.6) is 0 Å². The molecule has 1 aromatic rings. The molecule has 7 heteroatoms. The molecule has 29 heavy (non-hydrogen) atoms. The van der Waals surface area contributed by atoms with E-state index < -0.39 is 24.5 Å². The fraction of sp³-hybridized carbons (Fsp3) is 0.545. The second kappa shape index (κ2) is 7.28. The van der Waals surface area contributed by atoms with Crippen molar-refractivity contribution in [1.82, 2.24) is 4.90 Å². The Morgan fingerprint density at radius 1 is 1.07 bits per heavy atom. The molecule has 1 saturated heterocycles. The summed E-state index contributed by atoms with van der Waals surface area (Å²) in [5.74, 6) is -1.74. The molecule has 1 aromatic carbocycles. The molecule has 0 unspecified atom stereocenters. The van der Waals surface area contributed by atoms with Crippen LogP contribution in [0, 0.1) is 37.5 Å². The van der Waals surface area contributed by atoms with E-state index in [0.717, 1.165) is 35.3 Å². The fourth-order valence-electron chi connectivity index (χ4n) is 5.42. The molecule has 1 heterocycles. The minimum absolute atomic E-state index is 0.253. The van der Waals surface area contributed by atoms with Crippen LogP contribution in [0.3, 0.4) is 0 Å². The Morgan fingerprint density at radius 2 is 1.62 bits per heavy atom. The molecule has 7 nitrogen and oxygen atoms in total. The van der Waals surface area contributed by atoms with Gasteiger partial charge in [-0.15, -0.1) is 0 Å². The first-order valence-corrected chi connectivity index (χ1v) is 10.2. The van der Waals surface area contributed by atoms with Crippen molar-refractivity contribution >= 4 is 29.4 Å². The number of fused-ring (bicyclic) bond motifs is 5. The van der Waals surface area contributed by atoms with Gasteiger partial charge in [-0.25, -0.2) is 4.79 Å². The van der Waals surface area contributed by atoms with E-state index in [1.807, 2.05) is 32.0 Å². The number of nitrogens with one attached hydrogen (secondary N) is 1. The molecule has 2 saturated carbocycles. The third-order valence-electron chi connectivity index (χ3n) is 6.54. The Hall–Kier alpha value is -2.70. The quantitative estimate of drug-likeness (QED) is 0.606. The molecule has 2 bridgehead atoms. The highest BCUT2D eigenvalue weighted by Gasteiger charge is 2.62. The summed E-state index contributed by atoms with van der Waals surface area (Å²) in [4.78, 5) is 51.2. The number of nitrogens with zero attached hydrogens (tertiary/aromatic N) is 1. The Bertz CT molecular complexity index is 847. The highest BCUT2D eigenvalue weighted by Crippen LogP contribution is 2.56. The topological polar surface area (TPSA) is 92.8 Å². The molecule has 3 fully saturated rings. The van der Waals surface area contributed by atoms with Gasteiger partial charge in [0.1, 0.15) is 6.04 Å². The number of imide groups is 1. The van der Waals surface area contributed by atoms with Crippen molar-refractivity contribution in [2.75, 3.05) is 11.9 Å². The lowest BCUT2D eigenvalue weighted by Gasteiger charge is -2.23. The number of amides is 3. The predicted molar refractivity (Wildman–Crippen MR) is 105 cm³/mol. The number of aryl methyl sites for hydroxylation is 2. The number of benzene rings is 1. The van der Waals surface area contributed by atoms with Crippen LogP contribution in [0.2, 0.25) is 0 Å². The molecule has 0 aromatic heterocycles. The van der Waals surface area contributed by atoms with Crippen LogP contribution in [0.4, 0.5) is 5.69 Å². The molecule has 3 amide bonds. The lowest BCUT2D eigenvalue weighted by molar-refractivity contribution is -0.159. The van der Waals surface area contributed by atoms with Crippen molar-refractivity contribution in [3.63, 3.8) is 0 Å². The molecular weight excluding hydrogens is 372 g/mol. The van der Waals surface area contributed by atoms with Gasteiger partial charge < -0.3 is 10.1 Å². The largest absolute Gasteiger partial charge is 0.454 e. The van der Waals surface area contributed by atoms with Gasteiger partial charge in [-0.2, -0.15) is 0 Å². The van der Waals surface area contributed by atoms with Crippen LogP contribution < -0.4 is 5.32 Å². The Morgan fingerprint density at radius 3 is 2.17 bits per heavy atom. The van der Waals surface area contributed by atoms with E-state index in [0.29, 0.717) is 5.69 Å². The van der Waals surface area contributed by atoms with Gasteiger partial charge in [-0.3, -0.25) is 19.3 Å². The SMILES string of the molecule is Cc1cc(C)cc(NC(=O)COC(=O)[C@H](C)N2C(=O)[C@@H]3[C@@H]4CC[C@H](C4)[C@@H]3C2=O)c1. The highest BCUT2D eigenvalue weighted by molar-refractivity contribution is 6.08. The lowest BCUT2D eigenvalue weighted by atomic mass is 9.81. The first-order chi connectivity index (χ1) is 13.8. The lowest BCUT2D eigenvalue weighted by Crippen LogP contribution is -2.45. The van der Waals surface area contributed by atoms with Crippen LogP contribution >= 0.6 is 0 Å². The average Bonchev–Trinajstić information content (AvgIpc) is 3.32. The summed E-state index contributed by atoms with van der Waals surface area (Å²) in [6.07, 6.45) is 2.91. The number of carbonyl (C=O) groups is 4. The highest BCUT2D eigenvalue weighted by atomic mass is 16.5. The first-order valence-electron chi connectivity index (χ1n) is 10.2. The molecule has 2 aliphatic carbocycles. The summed E-state index contributed by atoms with van der Waals surface area (Å²) in [6, 6.07) is 4.62. The third kappa shape index (κ3) is 3.43. The molecular formula is C22H26N2O5. The Kier molecular flexibility index (Phi) is 4.92. The van der Waals surface area contributed by atoms with Gasteiger partial charge in [0.25, 0.3) is 5.91 Å². The number of hydrogen-bond acceptors (Lipinski definition) is 5. The molecule has 154 valence electrons. The van der Waals surface area contributed by atoms with Crippen LogP contribution in [0.15, 0.2) is 18.2 Å². The van der Waals surface area contributed by atoms with Crippen LogP contribution in [-0.2, 0) is 23.9 Å². The number of ether oxygens (including phenoxy) is 1. The summed E-state index contributed by atoms with van der Waals surface area (Å²) in [5, 5.41) is 2.69. The number of carbonyl (C=O) groups excluding carboxylic acids is 4. The molecule has 1 N–H and O–H groups in total. The summed E-state index contributed by atoms with van der Waals surface area (Å²) >= 11 is 0. The van der Waals surface area contributed by atoms with Gasteiger partial charge in [-0.05, 0) is 75.1 Å². The summed E-state index contributed by atoms with van der Waals surface area (Å²) in [5.41, 5.74) is 2.65. The maximum Gasteiger partial charge on any atom is 0.329 e. The smallest absolute Gasteiger partial charge is 0.329 e. The molecule has 1 aliphatic heterocycles. The zero-order chi connectivity index (χ0) is 20.9. The number of rotatable bonds is 5. The first kappa shape index (κ1) is 19.6. The monoisotopic (exact) mass is 398 g/mol. The zero-order valence-electron chi connectivity index (χ0n) is 16.9. The van der Waals surface area contributed by atoms with Gasteiger partial charge in [-0.1, -0.05) is 6.07 Å². The van der Waals surface area contributed by atoms with Crippen molar-refractivity contribution in [1.29, 1.82) is 0 Å². The van der Waals surface area contributed by atoms with Gasteiger partial charge in [0.2, 0.25) is 11.8 Å². The predicted octanol–water partition coefficient (Wildman–Crippen LogP) is 2.20. The summed E-state index contributed by atoms with van der Waals surface area (Å²) in [7, 11) is 0. The molecule has 4 rings (SSSR count). The van der Waals surface area contributed by atoms with E-state index in [1.165, 1.54) is 6.92 Å². The van der Waals surface area contributed by atoms with Gasteiger partial charge in [0.15, 0.2) is 6.61 Å². The van der Waals surface area contributed by atoms with Crippen LogP contribution in [0.25, 0.3) is 0 Å². The van der Waals surface area contributed by atoms with E-state index in [1.54, 1.807) is 0 Å². The Balaban J connectivity index is 1.34. The third-order valence-corrected chi connectivity index (χ3v) is 6.54.